The molecule has 0 aromatic heterocycles. The van der Waals surface area contributed by atoms with Gasteiger partial charge in [0.05, 0.1) is 19.3 Å². The van der Waals surface area contributed by atoms with Crippen molar-refractivity contribution in [3.05, 3.63) is 35.4 Å². The molecule has 1 aliphatic rings. The van der Waals surface area contributed by atoms with Crippen molar-refractivity contribution >= 4 is 12.2 Å². The normalized spacial score (nSPS) is 18.1. The summed E-state index contributed by atoms with van der Waals surface area (Å²) in [6.07, 6.45) is 3.91. The number of hydrogen-bond acceptors (Lipinski definition) is 3. The van der Waals surface area contributed by atoms with Gasteiger partial charge in [0, 0.05) is 12.0 Å². The van der Waals surface area contributed by atoms with Crippen LogP contribution in [0.5, 0.6) is 0 Å². The van der Waals surface area contributed by atoms with Gasteiger partial charge in [-0.05, 0) is 25.3 Å². The third kappa shape index (κ3) is 2.42. The predicted molar refractivity (Wildman–Crippen MR) is 69.3 cm³/mol. The van der Waals surface area contributed by atoms with E-state index in [1.54, 1.807) is 7.11 Å². The van der Waals surface area contributed by atoms with Gasteiger partial charge in [-0.3, -0.25) is 0 Å². The number of benzene rings is 1. The number of aryl methyl sites for hydroxylation is 1. The summed E-state index contributed by atoms with van der Waals surface area (Å²) in [5.74, 6) is 0. The van der Waals surface area contributed by atoms with Gasteiger partial charge in [-0.2, -0.15) is 0 Å². The third-order valence-electron chi connectivity index (χ3n) is 3.53. The lowest BCUT2D eigenvalue weighted by molar-refractivity contribution is 0.246. The maximum absolute atomic E-state index is 4.97. The summed E-state index contributed by atoms with van der Waals surface area (Å²) in [6.45, 7) is 3.13. The van der Waals surface area contributed by atoms with E-state index in [2.05, 4.69) is 35.9 Å². The second-order valence-corrected chi connectivity index (χ2v) is 5.36. The zero-order chi connectivity index (χ0) is 11.4. The molecular formula is C13H19NOS. The Hall–Kier alpha value is -0.510. The molecule has 0 atom stereocenters. The highest BCUT2D eigenvalue weighted by atomic mass is 32.2. The highest BCUT2D eigenvalue weighted by Gasteiger charge is 2.38. The van der Waals surface area contributed by atoms with Crippen molar-refractivity contribution in [2.24, 2.45) is 0 Å². The molecule has 0 unspecified atom stereocenters. The van der Waals surface area contributed by atoms with Crippen molar-refractivity contribution in [2.75, 3.05) is 13.7 Å². The van der Waals surface area contributed by atoms with Gasteiger partial charge in [-0.15, -0.1) is 0 Å². The Balaban J connectivity index is 2.05. The van der Waals surface area contributed by atoms with Gasteiger partial charge < -0.3 is 4.18 Å². The maximum Gasteiger partial charge on any atom is 0.0786 e. The fourth-order valence-corrected chi connectivity index (χ4v) is 2.76. The molecule has 0 heterocycles. The smallest absolute Gasteiger partial charge is 0.0786 e. The second-order valence-electron chi connectivity index (χ2n) is 4.57. The summed E-state index contributed by atoms with van der Waals surface area (Å²) < 4.78 is 8.25. The number of hydrogen-bond donors (Lipinski definition) is 1. The minimum absolute atomic E-state index is 0.346. The molecule has 1 N–H and O–H groups in total. The van der Waals surface area contributed by atoms with Crippen molar-refractivity contribution < 1.29 is 4.18 Å². The fourth-order valence-electron chi connectivity index (χ4n) is 2.30. The molecular weight excluding hydrogens is 218 g/mol. The standard InChI is InChI=1S/C13H19NOS/c1-11-4-6-12(7-5-11)13(8-3-9-13)10-14-16-15-2/h4-7,14H,3,8-10H2,1-2H3. The summed E-state index contributed by atoms with van der Waals surface area (Å²) in [5, 5.41) is 0. The Labute approximate surface area is 102 Å². The van der Waals surface area contributed by atoms with E-state index in [1.165, 1.54) is 42.6 Å². The monoisotopic (exact) mass is 237 g/mol. The summed E-state index contributed by atoms with van der Waals surface area (Å²) in [5.41, 5.74) is 3.14. The maximum atomic E-state index is 4.97. The molecule has 0 saturated heterocycles. The molecule has 16 heavy (non-hydrogen) atoms. The topological polar surface area (TPSA) is 21.3 Å². The summed E-state index contributed by atoms with van der Waals surface area (Å²) in [7, 11) is 1.69. The zero-order valence-electron chi connectivity index (χ0n) is 9.95. The fraction of sp³-hybridized carbons (Fsp3) is 0.538. The second kappa shape index (κ2) is 5.21. The summed E-state index contributed by atoms with van der Waals surface area (Å²) in [6, 6.07) is 8.96. The highest BCUT2D eigenvalue weighted by Crippen LogP contribution is 2.43. The molecule has 88 valence electrons. The minimum Gasteiger partial charge on any atom is -0.305 e. The third-order valence-corrected chi connectivity index (χ3v) is 3.96. The van der Waals surface area contributed by atoms with E-state index in [0.717, 1.165) is 6.54 Å². The van der Waals surface area contributed by atoms with Crippen molar-refractivity contribution in [3.63, 3.8) is 0 Å². The van der Waals surface area contributed by atoms with Gasteiger partial charge in [0.25, 0.3) is 0 Å². The minimum atomic E-state index is 0.346. The van der Waals surface area contributed by atoms with Gasteiger partial charge in [-0.1, -0.05) is 36.2 Å². The molecule has 0 aliphatic heterocycles. The van der Waals surface area contributed by atoms with Crippen LogP contribution in [0.25, 0.3) is 0 Å². The Morgan fingerprint density at radius 1 is 1.31 bits per heavy atom. The van der Waals surface area contributed by atoms with Gasteiger partial charge in [-0.25, -0.2) is 4.72 Å². The molecule has 0 spiro atoms. The molecule has 2 nitrogen and oxygen atoms in total. The van der Waals surface area contributed by atoms with E-state index in [0.29, 0.717) is 5.41 Å². The molecule has 1 aromatic rings. The SMILES string of the molecule is COSNCC1(c2ccc(C)cc2)CCC1. The van der Waals surface area contributed by atoms with E-state index in [-0.39, 0.29) is 0 Å². The summed E-state index contributed by atoms with van der Waals surface area (Å²) in [4.78, 5) is 0. The van der Waals surface area contributed by atoms with Crippen molar-refractivity contribution in [1.82, 2.24) is 4.72 Å². The molecule has 3 heteroatoms. The molecule has 0 bridgehead atoms. The molecule has 1 fully saturated rings. The van der Waals surface area contributed by atoms with Crippen LogP contribution in [-0.4, -0.2) is 13.7 Å². The molecule has 1 saturated carbocycles. The van der Waals surface area contributed by atoms with E-state index < -0.39 is 0 Å². The van der Waals surface area contributed by atoms with Crippen LogP contribution < -0.4 is 4.72 Å². The Kier molecular flexibility index (Phi) is 3.90. The number of rotatable bonds is 5. The first-order valence-corrected chi connectivity index (χ1v) is 6.51. The first-order chi connectivity index (χ1) is 7.77. The van der Waals surface area contributed by atoms with E-state index >= 15 is 0 Å². The molecule has 1 aromatic carbocycles. The molecule has 0 radical (unpaired) electrons. The zero-order valence-corrected chi connectivity index (χ0v) is 10.8. The van der Waals surface area contributed by atoms with Crippen molar-refractivity contribution in [2.45, 2.75) is 31.6 Å². The Bertz CT molecular complexity index is 332. The first kappa shape index (κ1) is 12.0. The van der Waals surface area contributed by atoms with Gasteiger partial charge in [0.1, 0.15) is 0 Å². The van der Waals surface area contributed by atoms with Crippen molar-refractivity contribution in [1.29, 1.82) is 0 Å². The van der Waals surface area contributed by atoms with Crippen LogP contribution in [0, 0.1) is 6.92 Å². The van der Waals surface area contributed by atoms with Crippen LogP contribution in [0.15, 0.2) is 24.3 Å². The average molecular weight is 237 g/mol. The van der Waals surface area contributed by atoms with Crippen molar-refractivity contribution in [3.8, 4) is 0 Å². The van der Waals surface area contributed by atoms with Crippen LogP contribution in [0.2, 0.25) is 0 Å². The average Bonchev–Trinajstić information content (AvgIpc) is 2.24. The molecule has 1 aliphatic carbocycles. The predicted octanol–water partition coefficient (Wildman–Crippen LogP) is 3.22. The van der Waals surface area contributed by atoms with Crippen LogP contribution >= 0.6 is 12.2 Å². The Morgan fingerprint density at radius 2 is 2.00 bits per heavy atom. The highest BCUT2D eigenvalue weighted by molar-refractivity contribution is 7.92. The number of nitrogens with one attached hydrogen (secondary N) is 1. The van der Waals surface area contributed by atoms with Gasteiger partial charge >= 0.3 is 0 Å². The lowest BCUT2D eigenvalue weighted by Crippen LogP contribution is -2.42. The Morgan fingerprint density at radius 3 is 2.50 bits per heavy atom. The van der Waals surface area contributed by atoms with E-state index in [1.807, 2.05) is 0 Å². The summed E-state index contributed by atoms with van der Waals surface area (Å²) >= 11 is 1.33. The largest absolute Gasteiger partial charge is 0.305 e. The van der Waals surface area contributed by atoms with Crippen LogP contribution in [0.3, 0.4) is 0 Å². The molecule has 0 amide bonds. The first-order valence-electron chi connectivity index (χ1n) is 5.76. The molecule has 2 rings (SSSR count). The van der Waals surface area contributed by atoms with E-state index in [9.17, 15) is 0 Å². The lowest BCUT2D eigenvalue weighted by atomic mass is 9.64. The quantitative estimate of drug-likeness (QED) is 0.483. The van der Waals surface area contributed by atoms with Crippen LogP contribution in [0.4, 0.5) is 0 Å². The van der Waals surface area contributed by atoms with Crippen LogP contribution in [-0.2, 0) is 9.60 Å². The van der Waals surface area contributed by atoms with E-state index in [4.69, 9.17) is 4.18 Å². The van der Waals surface area contributed by atoms with Gasteiger partial charge in [0.2, 0.25) is 0 Å². The van der Waals surface area contributed by atoms with Gasteiger partial charge in [0.15, 0.2) is 0 Å². The van der Waals surface area contributed by atoms with Crippen LogP contribution in [0.1, 0.15) is 30.4 Å². The lowest BCUT2D eigenvalue weighted by Gasteiger charge is -2.42.